The van der Waals surface area contributed by atoms with Crippen LogP contribution >= 0.6 is 0 Å². The second-order valence-electron chi connectivity index (χ2n) is 3.74. The van der Waals surface area contributed by atoms with E-state index in [-0.39, 0.29) is 5.78 Å². The van der Waals surface area contributed by atoms with Gasteiger partial charge >= 0.3 is 5.97 Å². The summed E-state index contributed by atoms with van der Waals surface area (Å²) in [4.78, 5) is 23.2. The molecule has 1 atom stereocenters. The molecule has 0 radical (unpaired) electrons. The summed E-state index contributed by atoms with van der Waals surface area (Å²) in [6.07, 6.45) is 7.02. The Balaban J connectivity index is 3.16. The van der Waals surface area contributed by atoms with E-state index in [1.165, 1.54) is 26.4 Å². The van der Waals surface area contributed by atoms with Gasteiger partial charge in [-0.1, -0.05) is 12.2 Å². The molecule has 0 saturated heterocycles. The van der Waals surface area contributed by atoms with E-state index < -0.39 is 11.4 Å². The zero-order valence-corrected chi connectivity index (χ0v) is 10.1. The Morgan fingerprint density at radius 2 is 2.24 bits per heavy atom. The Kier molecular flexibility index (Phi) is 4.26. The van der Waals surface area contributed by atoms with E-state index in [4.69, 9.17) is 9.47 Å². The first kappa shape index (κ1) is 13.2. The molecule has 0 saturated carbocycles. The van der Waals surface area contributed by atoms with Crippen LogP contribution in [0.2, 0.25) is 0 Å². The molecule has 0 bridgehead atoms. The first-order valence-electron chi connectivity index (χ1n) is 5.29. The van der Waals surface area contributed by atoms with Gasteiger partial charge in [-0.3, -0.25) is 9.59 Å². The van der Waals surface area contributed by atoms with Gasteiger partial charge in [0, 0.05) is 6.08 Å². The average Bonchev–Trinajstić information content (AvgIpc) is 2.36. The number of allylic oxidation sites excluding steroid dienone is 3. The maximum Gasteiger partial charge on any atom is 0.323 e. The van der Waals surface area contributed by atoms with E-state index in [2.05, 4.69) is 6.58 Å². The van der Waals surface area contributed by atoms with Crippen LogP contribution < -0.4 is 0 Å². The number of carbonyl (C=O) groups excluding carboxylic acids is 2. The largest absolute Gasteiger partial charge is 0.499 e. The Hall–Kier alpha value is -1.84. The zero-order chi connectivity index (χ0) is 12.9. The summed E-state index contributed by atoms with van der Waals surface area (Å²) in [5.41, 5.74) is -1.01. The molecule has 0 unspecified atom stereocenters. The lowest BCUT2D eigenvalue weighted by molar-refractivity contribution is -0.150. The molecule has 4 nitrogen and oxygen atoms in total. The Morgan fingerprint density at radius 3 is 2.76 bits per heavy atom. The monoisotopic (exact) mass is 236 g/mol. The van der Waals surface area contributed by atoms with Crippen molar-refractivity contribution < 1.29 is 19.1 Å². The van der Waals surface area contributed by atoms with E-state index in [1.54, 1.807) is 12.2 Å². The third kappa shape index (κ3) is 2.46. The lowest BCUT2D eigenvalue weighted by Crippen LogP contribution is -2.35. The number of hydrogen-bond acceptors (Lipinski definition) is 4. The van der Waals surface area contributed by atoms with E-state index in [9.17, 15) is 9.59 Å². The number of methoxy groups -OCH3 is 2. The number of esters is 1. The summed E-state index contributed by atoms with van der Waals surface area (Å²) in [6, 6.07) is 0. The fourth-order valence-corrected chi connectivity index (χ4v) is 1.84. The minimum absolute atomic E-state index is 0.194. The molecule has 1 aliphatic rings. The van der Waals surface area contributed by atoms with Crippen LogP contribution in [0.1, 0.15) is 12.8 Å². The molecule has 0 fully saturated rings. The lowest BCUT2D eigenvalue weighted by atomic mass is 9.77. The smallest absolute Gasteiger partial charge is 0.323 e. The molecule has 4 heteroatoms. The highest BCUT2D eigenvalue weighted by Gasteiger charge is 2.43. The van der Waals surface area contributed by atoms with Crippen molar-refractivity contribution in [3.8, 4) is 0 Å². The summed E-state index contributed by atoms with van der Waals surface area (Å²) >= 11 is 0. The van der Waals surface area contributed by atoms with Crippen molar-refractivity contribution in [3.63, 3.8) is 0 Å². The molecule has 0 N–H and O–H groups in total. The Bertz CT molecular complexity index is 392. The fraction of sp³-hybridized carbons (Fsp3) is 0.385. The first-order chi connectivity index (χ1) is 8.10. The number of rotatable bonds is 5. The molecule has 0 amide bonds. The molecule has 0 aromatic rings. The predicted molar refractivity (Wildman–Crippen MR) is 63.1 cm³/mol. The normalized spacial score (nSPS) is 22.9. The van der Waals surface area contributed by atoms with E-state index in [0.29, 0.717) is 18.6 Å². The molecule has 1 aliphatic carbocycles. The SMILES string of the molecule is C=CCC[C@]1(C(=O)OC)C=CC(=O)C=C1OC. The minimum atomic E-state index is -1.01. The predicted octanol–water partition coefficient (Wildman–Crippen LogP) is 1.78. The van der Waals surface area contributed by atoms with E-state index in [0.717, 1.165) is 0 Å². The quantitative estimate of drug-likeness (QED) is 0.539. The van der Waals surface area contributed by atoms with Gasteiger partial charge in [-0.2, -0.15) is 0 Å². The molecule has 17 heavy (non-hydrogen) atoms. The van der Waals surface area contributed by atoms with Gasteiger partial charge in [0.15, 0.2) is 5.78 Å². The van der Waals surface area contributed by atoms with Crippen molar-refractivity contribution in [1.82, 2.24) is 0 Å². The van der Waals surface area contributed by atoms with E-state index >= 15 is 0 Å². The van der Waals surface area contributed by atoms with Crippen LogP contribution in [-0.2, 0) is 19.1 Å². The molecular weight excluding hydrogens is 220 g/mol. The minimum Gasteiger partial charge on any atom is -0.499 e. The van der Waals surface area contributed by atoms with Crippen molar-refractivity contribution in [3.05, 3.63) is 36.6 Å². The molecule has 0 heterocycles. The summed E-state index contributed by atoms with van der Waals surface area (Å²) in [5.74, 6) is -0.310. The Morgan fingerprint density at radius 1 is 1.53 bits per heavy atom. The molecular formula is C13H16O4. The third-order valence-corrected chi connectivity index (χ3v) is 2.76. The van der Waals surface area contributed by atoms with Crippen molar-refractivity contribution >= 4 is 11.8 Å². The van der Waals surface area contributed by atoms with Gasteiger partial charge in [0.2, 0.25) is 0 Å². The summed E-state index contributed by atoms with van der Waals surface area (Å²) in [7, 11) is 2.75. The second-order valence-corrected chi connectivity index (χ2v) is 3.74. The van der Waals surface area contributed by atoms with Crippen LogP contribution in [0, 0.1) is 5.41 Å². The Labute approximate surface area is 101 Å². The van der Waals surface area contributed by atoms with Crippen molar-refractivity contribution in [2.75, 3.05) is 14.2 Å². The van der Waals surface area contributed by atoms with Gasteiger partial charge in [0.1, 0.15) is 11.2 Å². The van der Waals surface area contributed by atoms with Crippen molar-refractivity contribution in [2.45, 2.75) is 12.8 Å². The molecule has 0 aromatic heterocycles. The standard InChI is InChI=1S/C13H16O4/c1-4-5-7-13(12(15)17-3)8-6-10(14)9-11(13)16-2/h4,6,8-9H,1,5,7H2,2-3H3/t13-/m0/s1. The van der Waals surface area contributed by atoms with Crippen LogP contribution in [0.4, 0.5) is 0 Å². The van der Waals surface area contributed by atoms with Crippen LogP contribution in [0.5, 0.6) is 0 Å². The van der Waals surface area contributed by atoms with Gasteiger partial charge in [-0.25, -0.2) is 0 Å². The van der Waals surface area contributed by atoms with Crippen LogP contribution in [-0.4, -0.2) is 26.0 Å². The lowest BCUT2D eigenvalue weighted by Gasteiger charge is -2.30. The second kappa shape index (κ2) is 5.48. The van der Waals surface area contributed by atoms with Crippen molar-refractivity contribution in [2.24, 2.45) is 5.41 Å². The topological polar surface area (TPSA) is 52.6 Å². The third-order valence-electron chi connectivity index (χ3n) is 2.76. The maximum absolute atomic E-state index is 11.9. The number of hydrogen-bond donors (Lipinski definition) is 0. The van der Waals surface area contributed by atoms with E-state index in [1.807, 2.05) is 0 Å². The number of carbonyl (C=O) groups is 2. The van der Waals surface area contributed by atoms with Gasteiger partial charge in [0.05, 0.1) is 14.2 Å². The zero-order valence-electron chi connectivity index (χ0n) is 10.1. The van der Waals surface area contributed by atoms with Gasteiger partial charge in [-0.05, 0) is 18.9 Å². The first-order valence-corrected chi connectivity index (χ1v) is 5.29. The highest BCUT2D eigenvalue weighted by Crippen LogP contribution is 2.38. The number of ether oxygens (including phenoxy) is 2. The van der Waals surface area contributed by atoms with Gasteiger partial charge < -0.3 is 9.47 Å². The molecule has 1 rings (SSSR count). The number of ketones is 1. The van der Waals surface area contributed by atoms with Crippen molar-refractivity contribution in [1.29, 1.82) is 0 Å². The highest BCUT2D eigenvalue weighted by molar-refractivity contribution is 6.03. The summed E-state index contributed by atoms with van der Waals surface area (Å²) in [5, 5.41) is 0. The molecule has 92 valence electrons. The van der Waals surface area contributed by atoms with Gasteiger partial charge in [-0.15, -0.1) is 6.58 Å². The summed E-state index contributed by atoms with van der Waals surface area (Å²) < 4.78 is 9.95. The summed E-state index contributed by atoms with van der Waals surface area (Å²) in [6.45, 7) is 3.62. The van der Waals surface area contributed by atoms with Gasteiger partial charge in [0.25, 0.3) is 0 Å². The van der Waals surface area contributed by atoms with Crippen LogP contribution in [0.3, 0.4) is 0 Å². The molecule has 0 spiro atoms. The fourth-order valence-electron chi connectivity index (χ4n) is 1.84. The maximum atomic E-state index is 11.9. The average molecular weight is 236 g/mol. The van der Waals surface area contributed by atoms with Crippen LogP contribution in [0.15, 0.2) is 36.6 Å². The highest BCUT2D eigenvalue weighted by atomic mass is 16.5. The molecule has 0 aromatic carbocycles. The van der Waals surface area contributed by atoms with Crippen LogP contribution in [0.25, 0.3) is 0 Å². The molecule has 0 aliphatic heterocycles.